The molecule has 0 radical (unpaired) electrons. The van der Waals surface area contributed by atoms with Crippen LogP contribution in [0.1, 0.15) is 38.5 Å². The molecule has 0 unspecified atom stereocenters. The number of carbonyl (C=O) groups excluding carboxylic acids is 2. The van der Waals surface area contributed by atoms with E-state index in [0.717, 1.165) is 23.6 Å². The van der Waals surface area contributed by atoms with E-state index in [1.165, 1.54) is 24.2 Å². The molecule has 1 atom stereocenters. The summed E-state index contributed by atoms with van der Waals surface area (Å²) in [6, 6.07) is 13.6. The third-order valence-electron chi connectivity index (χ3n) is 5.20. The third-order valence-corrected chi connectivity index (χ3v) is 5.20. The molecule has 0 spiro atoms. The number of fused-ring (bicyclic) bond motifs is 1. The number of nitrogens with zero attached hydrogens (tertiary/aromatic N) is 1. The summed E-state index contributed by atoms with van der Waals surface area (Å²) in [6.07, 6.45) is 6.16. The first kappa shape index (κ1) is 15.3. The largest absolute Gasteiger partial charge is 0.303 e. The Morgan fingerprint density at radius 3 is 2.50 bits per heavy atom. The molecular formula is C20H22N2O2. The smallest absolute Gasteiger partial charge is 0.251 e. The summed E-state index contributed by atoms with van der Waals surface area (Å²) in [6.45, 7) is 0. The number of rotatable bonds is 3. The SMILES string of the molecule is O=C1C[C@@H](NC2CCCCC2)C(=O)N1c1cccc2ccccc12. The zero-order valence-electron chi connectivity index (χ0n) is 13.7. The van der Waals surface area contributed by atoms with Gasteiger partial charge in [-0.25, -0.2) is 4.90 Å². The minimum absolute atomic E-state index is 0.107. The summed E-state index contributed by atoms with van der Waals surface area (Å²) in [5.74, 6) is -0.216. The van der Waals surface area contributed by atoms with Crippen LogP contribution in [0.5, 0.6) is 0 Å². The van der Waals surface area contributed by atoms with E-state index in [9.17, 15) is 9.59 Å². The first-order valence-corrected chi connectivity index (χ1v) is 8.84. The van der Waals surface area contributed by atoms with Gasteiger partial charge in [-0.05, 0) is 24.3 Å². The molecule has 0 bridgehead atoms. The Kier molecular flexibility index (Phi) is 4.07. The highest BCUT2D eigenvalue weighted by molar-refractivity contribution is 6.25. The highest BCUT2D eigenvalue weighted by atomic mass is 16.2. The maximum atomic E-state index is 12.9. The van der Waals surface area contributed by atoms with Crippen LogP contribution in [0.15, 0.2) is 42.5 Å². The molecule has 2 aromatic carbocycles. The van der Waals surface area contributed by atoms with E-state index in [2.05, 4.69) is 5.32 Å². The van der Waals surface area contributed by atoms with E-state index in [1.54, 1.807) is 0 Å². The van der Waals surface area contributed by atoms with Gasteiger partial charge in [0, 0.05) is 11.4 Å². The van der Waals surface area contributed by atoms with E-state index in [4.69, 9.17) is 0 Å². The van der Waals surface area contributed by atoms with Crippen LogP contribution >= 0.6 is 0 Å². The maximum absolute atomic E-state index is 12.9. The highest BCUT2D eigenvalue weighted by Crippen LogP contribution is 2.31. The lowest BCUT2D eigenvalue weighted by molar-refractivity contribution is -0.121. The molecule has 1 saturated heterocycles. The van der Waals surface area contributed by atoms with Crippen LogP contribution in [-0.4, -0.2) is 23.9 Å². The molecule has 2 aliphatic rings. The summed E-state index contributed by atoms with van der Waals surface area (Å²) in [4.78, 5) is 26.8. The van der Waals surface area contributed by atoms with Gasteiger partial charge < -0.3 is 5.32 Å². The van der Waals surface area contributed by atoms with Crippen LogP contribution in [0.2, 0.25) is 0 Å². The second kappa shape index (κ2) is 6.36. The van der Waals surface area contributed by atoms with E-state index in [-0.39, 0.29) is 24.3 Å². The fourth-order valence-electron chi connectivity index (χ4n) is 3.97. The van der Waals surface area contributed by atoms with Crippen molar-refractivity contribution in [3.8, 4) is 0 Å². The molecule has 1 N–H and O–H groups in total. The third kappa shape index (κ3) is 2.71. The fraction of sp³-hybridized carbons (Fsp3) is 0.400. The van der Waals surface area contributed by atoms with Crippen LogP contribution in [0, 0.1) is 0 Å². The zero-order chi connectivity index (χ0) is 16.5. The Labute approximate surface area is 141 Å². The molecule has 2 amide bonds. The van der Waals surface area contributed by atoms with Crippen LogP contribution < -0.4 is 10.2 Å². The first-order valence-electron chi connectivity index (χ1n) is 8.84. The fourth-order valence-corrected chi connectivity index (χ4v) is 3.97. The summed E-state index contributed by atoms with van der Waals surface area (Å²) in [7, 11) is 0. The molecule has 24 heavy (non-hydrogen) atoms. The molecule has 2 fully saturated rings. The number of carbonyl (C=O) groups is 2. The lowest BCUT2D eigenvalue weighted by Crippen LogP contribution is -2.44. The average Bonchev–Trinajstić information content (AvgIpc) is 2.89. The second-order valence-electron chi connectivity index (χ2n) is 6.82. The van der Waals surface area contributed by atoms with Gasteiger partial charge in [-0.1, -0.05) is 55.7 Å². The summed E-state index contributed by atoms with van der Waals surface area (Å²) in [5, 5.41) is 5.42. The molecule has 1 saturated carbocycles. The van der Waals surface area contributed by atoms with Gasteiger partial charge in [0.2, 0.25) is 5.91 Å². The predicted molar refractivity (Wildman–Crippen MR) is 94.9 cm³/mol. The van der Waals surface area contributed by atoms with E-state index >= 15 is 0 Å². The molecule has 124 valence electrons. The van der Waals surface area contributed by atoms with Gasteiger partial charge in [0.05, 0.1) is 18.2 Å². The van der Waals surface area contributed by atoms with Crippen molar-refractivity contribution < 1.29 is 9.59 Å². The minimum atomic E-state index is -0.375. The van der Waals surface area contributed by atoms with Crippen LogP contribution in [0.4, 0.5) is 5.69 Å². The molecule has 4 nitrogen and oxygen atoms in total. The van der Waals surface area contributed by atoms with Gasteiger partial charge in [0.25, 0.3) is 5.91 Å². The second-order valence-corrected chi connectivity index (χ2v) is 6.82. The summed E-state index contributed by atoms with van der Waals surface area (Å²) >= 11 is 0. The number of nitrogens with one attached hydrogen (secondary N) is 1. The topological polar surface area (TPSA) is 49.4 Å². The summed E-state index contributed by atoms with van der Waals surface area (Å²) in [5.41, 5.74) is 0.705. The van der Waals surface area contributed by atoms with Gasteiger partial charge in [-0.3, -0.25) is 9.59 Å². The molecule has 4 rings (SSSR count). The number of anilines is 1. The normalized spacial score (nSPS) is 22.5. The summed E-state index contributed by atoms with van der Waals surface area (Å²) < 4.78 is 0. The quantitative estimate of drug-likeness (QED) is 0.881. The molecular weight excluding hydrogens is 300 g/mol. The van der Waals surface area contributed by atoms with Crippen LogP contribution in [-0.2, 0) is 9.59 Å². The van der Waals surface area contributed by atoms with Crippen molar-refractivity contribution in [3.05, 3.63) is 42.5 Å². The Morgan fingerprint density at radius 1 is 0.917 bits per heavy atom. The van der Waals surface area contributed by atoms with Crippen molar-refractivity contribution in [2.24, 2.45) is 0 Å². The molecule has 4 heteroatoms. The van der Waals surface area contributed by atoms with Crippen LogP contribution in [0.3, 0.4) is 0 Å². The van der Waals surface area contributed by atoms with Crippen molar-refractivity contribution in [2.45, 2.75) is 50.6 Å². The Balaban J connectivity index is 1.61. The van der Waals surface area contributed by atoms with Crippen molar-refractivity contribution in [3.63, 3.8) is 0 Å². The maximum Gasteiger partial charge on any atom is 0.251 e. The number of hydrogen-bond acceptors (Lipinski definition) is 3. The van der Waals surface area contributed by atoms with Crippen molar-refractivity contribution in [2.75, 3.05) is 4.90 Å². The molecule has 0 aromatic heterocycles. The molecule has 1 heterocycles. The lowest BCUT2D eigenvalue weighted by Gasteiger charge is -2.25. The molecule has 1 aliphatic heterocycles. The van der Waals surface area contributed by atoms with Gasteiger partial charge in [-0.2, -0.15) is 0 Å². The molecule has 2 aromatic rings. The lowest BCUT2D eigenvalue weighted by atomic mass is 9.95. The Bertz CT molecular complexity index is 775. The predicted octanol–water partition coefficient (Wildman–Crippen LogP) is 3.39. The average molecular weight is 322 g/mol. The zero-order valence-corrected chi connectivity index (χ0v) is 13.7. The van der Waals surface area contributed by atoms with Gasteiger partial charge in [0.1, 0.15) is 0 Å². The first-order chi connectivity index (χ1) is 11.7. The Morgan fingerprint density at radius 2 is 1.67 bits per heavy atom. The number of hydrogen-bond donors (Lipinski definition) is 1. The van der Waals surface area contributed by atoms with Crippen molar-refractivity contribution >= 4 is 28.3 Å². The number of benzene rings is 2. The standard InChI is InChI=1S/C20H22N2O2/c23-19-13-17(21-15-9-2-1-3-10-15)20(24)22(19)18-12-6-8-14-7-4-5-11-16(14)18/h4-8,11-12,15,17,21H,1-3,9-10,13H2/t17-/m1/s1. The van der Waals surface area contributed by atoms with Crippen LogP contribution in [0.25, 0.3) is 10.8 Å². The highest BCUT2D eigenvalue weighted by Gasteiger charge is 2.40. The number of imide groups is 1. The molecule has 1 aliphatic carbocycles. The van der Waals surface area contributed by atoms with Gasteiger partial charge in [-0.15, -0.1) is 0 Å². The van der Waals surface area contributed by atoms with Gasteiger partial charge >= 0.3 is 0 Å². The van der Waals surface area contributed by atoms with E-state index in [1.807, 2.05) is 42.5 Å². The van der Waals surface area contributed by atoms with E-state index < -0.39 is 0 Å². The Hall–Kier alpha value is -2.20. The monoisotopic (exact) mass is 322 g/mol. The van der Waals surface area contributed by atoms with Gasteiger partial charge in [0.15, 0.2) is 0 Å². The van der Waals surface area contributed by atoms with E-state index in [0.29, 0.717) is 11.7 Å². The number of amides is 2. The minimum Gasteiger partial charge on any atom is -0.303 e. The van der Waals surface area contributed by atoms with Crippen molar-refractivity contribution in [1.29, 1.82) is 0 Å². The van der Waals surface area contributed by atoms with Crippen molar-refractivity contribution in [1.82, 2.24) is 5.32 Å².